The lowest BCUT2D eigenvalue weighted by atomic mass is 10.0. The molecule has 2 unspecified atom stereocenters. The molecule has 1 aliphatic rings. The van der Waals surface area contributed by atoms with Crippen LogP contribution in [0, 0.1) is 0 Å². The van der Waals surface area contributed by atoms with E-state index < -0.39 is 6.04 Å². The molecule has 2 heterocycles. The van der Waals surface area contributed by atoms with E-state index >= 15 is 0 Å². The third kappa shape index (κ3) is 4.94. The highest BCUT2D eigenvalue weighted by atomic mass is 35.5. The van der Waals surface area contributed by atoms with Crippen molar-refractivity contribution in [3.05, 3.63) is 75.3 Å². The lowest BCUT2D eigenvalue weighted by molar-refractivity contribution is -0.134. The zero-order chi connectivity index (χ0) is 21.8. The number of hydrogen-bond donors (Lipinski definition) is 3. The predicted octanol–water partition coefficient (Wildman–Crippen LogP) is 2.16. The summed E-state index contributed by atoms with van der Waals surface area (Å²) in [4.78, 5) is 34.6. The molecule has 162 valence electrons. The van der Waals surface area contributed by atoms with Crippen LogP contribution in [0.2, 0.25) is 5.02 Å². The molecule has 0 aliphatic carbocycles. The average molecular weight is 442 g/mol. The summed E-state index contributed by atoms with van der Waals surface area (Å²) in [5.41, 5.74) is 7.72. The van der Waals surface area contributed by atoms with Gasteiger partial charge in [-0.05, 0) is 36.2 Å². The number of carbonyl (C=O) groups excluding carboxylic acids is 1. The predicted molar refractivity (Wildman–Crippen MR) is 119 cm³/mol. The van der Waals surface area contributed by atoms with Crippen LogP contribution < -0.4 is 16.4 Å². The van der Waals surface area contributed by atoms with Gasteiger partial charge in [0.2, 0.25) is 5.91 Å². The fraction of sp³-hybridized carbons (Fsp3) is 0.318. The normalized spacial score (nSPS) is 18.4. The van der Waals surface area contributed by atoms with Crippen LogP contribution in [0.15, 0.2) is 53.3 Å². The summed E-state index contributed by atoms with van der Waals surface area (Å²) in [7, 11) is 1.59. The smallest absolute Gasteiger partial charge is 0.258 e. The van der Waals surface area contributed by atoms with Crippen LogP contribution in [0.1, 0.15) is 23.9 Å². The minimum atomic E-state index is -0.412. The summed E-state index contributed by atoms with van der Waals surface area (Å²) in [6, 6.07) is 14.3. The first-order valence-corrected chi connectivity index (χ1v) is 10.4. The van der Waals surface area contributed by atoms with Crippen molar-refractivity contribution in [2.75, 3.05) is 20.3 Å². The number of halogens is 1. The maximum atomic E-state index is 13.3. The summed E-state index contributed by atoms with van der Waals surface area (Å²) in [5.74, 6) is 0.352. The van der Waals surface area contributed by atoms with Crippen LogP contribution in [-0.4, -0.2) is 47.1 Å². The van der Waals surface area contributed by atoms with Gasteiger partial charge in [-0.25, -0.2) is 15.8 Å². The number of nitrogens with zero attached hydrogens (tertiary/aromatic N) is 2. The highest BCUT2D eigenvalue weighted by Crippen LogP contribution is 2.24. The number of hydrazine groups is 1. The van der Waals surface area contributed by atoms with Gasteiger partial charge in [0.15, 0.2) is 0 Å². The summed E-state index contributed by atoms with van der Waals surface area (Å²) >= 11 is 5.97. The van der Waals surface area contributed by atoms with E-state index in [4.69, 9.17) is 16.3 Å². The fourth-order valence-corrected chi connectivity index (χ4v) is 3.84. The molecule has 31 heavy (non-hydrogen) atoms. The van der Waals surface area contributed by atoms with Crippen molar-refractivity contribution in [3.8, 4) is 0 Å². The molecule has 0 saturated carbocycles. The second kappa shape index (κ2) is 9.57. The van der Waals surface area contributed by atoms with E-state index in [0.29, 0.717) is 41.3 Å². The van der Waals surface area contributed by atoms with Gasteiger partial charge in [0.1, 0.15) is 11.9 Å². The molecule has 1 aliphatic heterocycles. The first kappa shape index (κ1) is 21.5. The van der Waals surface area contributed by atoms with Crippen LogP contribution in [0.5, 0.6) is 0 Å². The molecule has 3 aromatic rings. The number of nitrogens with one attached hydrogen (secondary N) is 3. The lowest BCUT2D eigenvalue weighted by Gasteiger charge is -2.25. The molecule has 9 heteroatoms. The van der Waals surface area contributed by atoms with Gasteiger partial charge in [-0.1, -0.05) is 35.9 Å². The Kier molecular flexibility index (Phi) is 6.62. The van der Waals surface area contributed by atoms with E-state index in [0.717, 1.165) is 5.56 Å². The van der Waals surface area contributed by atoms with Crippen molar-refractivity contribution >= 4 is 28.4 Å². The van der Waals surface area contributed by atoms with Crippen LogP contribution >= 0.6 is 11.6 Å². The summed E-state index contributed by atoms with van der Waals surface area (Å²) in [5, 5.41) is 1.19. The van der Waals surface area contributed by atoms with Crippen LogP contribution in [0.25, 0.3) is 10.9 Å². The molecule has 2 aromatic carbocycles. The first-order valence-electron chi connectivity index (χ1n) is 10.1. The molecule has 2 atom stereocenters. The molecule has 8 nitrogen and oxygen atoms in total. The minimum absolute atomic E-state index is 0.00547. The molecule has 1 saturated heterocycles. The molecule has 1 amide bonds. The summed E-state index contributed by atoms with van der Waals surface area (Å²) in [6.07, 6.45) is 0.589. The zero-order valence-corrected chi connectivity index (χ0v) is 17.9. The average Bonchev–Trinajstić information content (AvgIpc) is 3.27. The molecular weight excluding hydrogens is 418 g/mol. The van der Waals surface area contributed by atoms with Crippen molar-refractivity contribution in [2.45, 2.75) is 25.0 Å². The Hall–Kier alpha value is -2.78. The quantitative estimate of drug-likeness (QED) is 0.519. The largest absolute Gasteiger partial charge is 0.383 e. The number of para-hydroxylation sites is 1. The molecule has 3 N–H and O–H groups in total. The molecule has 1 fully saturated rings. The number of fused-ring (bicyclic) bond motifs is 1. The van der Waals surface area contributed by atoms with Gasteiger partial charge in [-0.15, -0.1) is 0 Å². The highest BCUT2D eigenvalue weighted by Gasteiger charge is 2.33. The first-order chi connectivity index (χ1) is 15.0. The number of carbonyl (C=O) groups is 1. The standard InChI is InChI=1S/C22H24ClN5O3/c1-31-11-10-28(13-20-24-17-5-3-2-4-16(17)21(29)25-20)22(30)19-12-18(26-27-19)14-6-8-15(23)9-7-14/h2-9,18-19,26-27H,10-13H2,1H3,(H,24,25,29). The number of methoxy groups -OCH3 is 1. The molecule has 4 rings (SSSR count). The third-order valence-electron chi connectivity index (χ3n) is 5.35. The molecule has 0 bridgehead atoms. The maximum absolute atomic E-state index is 13.3. The van der Waals surface area contributed by atoms with Crippen LogP contribution in [-0.2, 0) is 16.1 Å². The molecule has 0 spiro atoms. The van der Waals surface area contributed by atoms with E-state index in [9.17, 15) is 9.59 Å². The van der Waals surface area contributed by atoms with Gasteiger partial charge in [0, 0.05) is 24.7 Å². The monoisotopic (exact) mass is 441 g/mol. The van der Waals surface area contributed by atoms with Crippen LogP contribution in [0.3, 0.4) is 0 Å². The van der Waals surface area contributed by atoms with Crippen molar-refractivity contribution in [1.29, 1.82) is 0 Å². The Morgan fingerprint density at radius 3 is 2.74 bits per heavy atom. The van der Waals surface area contributed by atoms with Crippen molar-refractivity contribution in [1.82, 2.24) is 25.7 Å². The molecular formula is C22H24ClN5O3. The SMILES string of the molecule is COCCN(Cc1nc2ccccc2c(=O)[nH]1)C(=O)C1CC(c2ccc(Cl)cc2)NN1. The maximum Gasteiger partial charge on any atom is 0.258 e. The van der Waals surface area contributed by atoms with Gasteiger partial charge in [0.05, 0.1) is 24.1 Å². The lowest BCUT2D eigenvalue weighted by Crippen LogP contribution is -2.46. The van der Waals surface area contributed by atoms with Crippen molar-refractivity contribution < 1.29 is 9.53 Å². The fourth-order valence-electron chi connectivity index (χ4n) is 3.71. The van der Waals surface area contributed by atoms with E-state index in [1.807, 2.05) is 30.3 Å². The summed E-state index contributed by atoms with van der Waals surface area (Å²) in [6.45, 7) is 0.950. The number of hydrogen-bond acceptors (Lipinski definition) is 6. The Labute approximate surface area is 184 Å². The second-order valence-corrected chi connectivity index (χ2v) is 7.90. The number of rotatable bonds is 7. The van der Waals surface area contributed by atoms with E-state index in [1.165, 1.54) is 0 Å². The third-order valence-corrected chi connectivity index (χ3v) is 5.61. The second-order valence-electron chi connectivity index (χ2n) is 7.46. The molecule has 0 radical (unpaired) electrons. The summed E-state index contributed by atoms with van der Waals surface area (Å²) < 4.78 is 5.18. The van der Waals surface area contributed by atoms with E-state index in [-0.39, 0.29) is 24.1 Å². The Morgan fingerprint density at radius 2 is 1.97 bits per heavy atom. The Bertz CT molecular complexity index is 1120. The zero-order valence-electron chi connectivity index (χ0n) is 17.1. The van der Waals surface area contributed by atoms with Gasteiger partial charge in [-0.2, -0.15) is 0 Å². The number of ether oxygens (including phenoxy) is 1. The van der Waals surface area contributed by atoms with Gasteiger partial charge >= 0.3 is 0 Å². The number of H-pyrrole nitrogens is 1. The van der Waals surface area contributed by atoms with Gasteiger partial charge < -0.3 is 14.6 Å². The Morgan fingerprint density at radius 1 is 1.19 bits per heavy atom. The Balaban J connectivity index is 1.50. The number of aromatic amines is 1. The number of benzene rings is 2. The molecule has 1 aromatic heterocycles. The minimum Gasteiger partial charge on any atom is -0.383 e. The number of amides is 1. The topological polar surface area (TPSA) is 99.3 Å². The number of aromatic nitrogens is 2. The van der Waals surface area contributed by atoms with Crippen LogP contribution in [0.4, 0.5) is 0 Å². The van der Waals surface area contributed by atoms with Crippen molar-refractivity contribution in [3.63, 3.8) is 0 Å². The highest BCUT2D eigenvalue weighted by molar-refractivity contribution is 6.30. The van der Waals surface area contributed by atoms with Gasteiger partial charge in [0.25, 0.3) is 5.56 Å². The van der Waals surface area contributed by atoms with Crippen molar-refractivity contribution in [2.24, 2.45) is 0 Å². The van der Waals surface area contributed by atoms with E-state index in [2.05, 4.69) is 20.8 Å². The van der Waals surface area contributed by atoms with E-state index in [1.54, 1.807) is 30.2 Å². The van der Waals surface area contributed by atoms with Gasteiger partial charge in [-0.3, -0.25) is 9.59 Å².